The summed E-state index contributed by atoms with van der Waals surface area (Å²) in [4.78, 5) is 24.3. The number of hydrogen-bond acceptors (Lipinski definition) is 5. The van der Waals surface area contributed by atoms with Crippen molar-refractivity contribution in [3.63, 3.8) is 0 Å². The van der Waals surface area contributed by atoms with E-state index in [1.165, 1.54) is 4.90 Å². The van der Waals surface area contributed by atoms with Crippen LogP contribution in [0.4, 0.5) is 0 Å². The third-order valence-corrected chi connectivity index (χ3v) is 4.85. The molecule has 0 bridgehead atoms. The molecular weight excluding hydrogens is 284 g/mol. The fourth-order valence-corrected chi connectivity index (χ4v) is 3.72. The van der Waals surface area contributed by atoms with Crippen molar-refractivity contribution in [2.45, 2.75) is 38.8 Å². The topological polar surface area (TPSA) is 104 Å². The van der Waals surface area contributed by atoms with Crippen LogP contribution in [-0.4, -0.2) is 67.0 Å². The molecule has 8 heteroatoms. The predicted octanol–water partition coefficient (Wildman–Crippen LogP) is -0.525. The lowest BCUT2D eigenvalue weighted by Crippen LogP contribution is -2.52. The minimum Gasteiger partial charge on any atom is -0.481 e. The molecular formula is C12H22N2O5S. The Balaban J connectivity index is 2.64. The Hall–Kier alpha value is -1.15. The van der Waals surface area contributed by atoms with Gasteiger partial charge in [-0.3, -0.25) is 9.59 Å². The van der Waals surface area contributed by atoms with Crippen LogP contribution < -0.4 is 5.32 Å². The van der Waals surface area contributed by atoms with E-state index >= 15 is 0 Å². The summed E-state index contributed by atoms with van der Waals surface area (Å²) < 4.78 is 23.1. The Bertz CT molecular complexity index is 460. The summed E-state index contributed by atoms with van der Waals surface area (Å²) in [5, 5.41) is 11.9. The smallest absolute Gasteiger partial charge is 0.305 e. The van der Waals surface area contributed by atoms with Crippen LogP contribution in [0.2, 0.25) is 0 Å². The quantitative estimate of drug-likeness (QED) is 0.684. The maximum Gasteiger partial charge on any atom is 0.305 e. The second-order valence-electron chi connectivity index (χ2n) is 5.31. The lowest BCUT2D eigenvalue weighted by Gasteiger charge is -2.34. The molecule has 2 N–H and O–H groups in total. The van der Waals surface area contributed by atoms with Gasteiger partial charge in [0.15, 0.2) is 9.84 Å². The fraction of sp³-hybridized carbons (Fsp3) is 0.833. The van der Waals surface area contributed by atoms with Gasteiger partial charge in [0.05, 0.1) is 24.0 Å². The normalized spacial score (nSPS) is 21.9. The van der Waals surface area contributed by atoms with Crippen molar-refractivity contribution >= 4 is 21.7 Å². The second kappa shape index (κ2) is 7.03. The van der Waals surface area contributed by atoms with Crippen LogP contribution in [0.1, 0.15) is 26.7 Å². The van der Waals surface area contributed by atoms with E-state index in [2.05, 4.69) is 5.32 Å². The van der Waals surface area contributed by atoms with Gasteiger partial charge in [0, 0.05) is 25.6 Å². The van der Waals surface area contributed by atoms with Crippen molar-refractivity contribution in [3.8, 4) is 0 Å². The van der Waals surface area contributed by atoms with Gasteiger partial charge in [-0.15, -0.1) is 0 Å². The maximum atomic E-state index is 12.1. The number of carbonyl (C=O) groups is 2. The number of carboxylic acids is 1. The molecule has 0 aromatic heterocycles. The largest absolute Gasteiger partial charge is 0.481 e. The van der Waals surface area contributed by atoms with Crippen molar-refractivity contribution in [2.75, 3.05) is 24.6 Å². The highest BCUT2D eigenvalue weighted by Crippen LogP contribution is 2.16. The number of hydrogen-bond donors (Lipinski definition) is 2. The summed E-state index contributed by atoms with van der Waals surface area (Å²) in [7, 11) is -3.25. The summed E-state index contributed by atoms with van der Waals surface area (Å²) in [6, 6.07) is -0.489. The standard InChI is InChI=1S/C12H22N2O5S/c1-9(2)13-4-3-11(15)14-5-6-20(18,19)8-10(14)7-12(16)17/h9-10,13H,3-8H2,1-2H3,(H,16,17). The molecule has 0 aliphatic carbocycles. The first-order chi connectivity index (χ1) is 9.21. The van der Waals surface area contributed by atoms with Crippen LogP contribution in [-0.2, 0) is 19.4 Å². The third-order valence-electron chi connectivity index (χ3n) is 3.15. The maximum absolute atomic E-state index is 12.1. The average molecular weight is 306 g/mol. The molecule has 0 spiro atoms. The van der Waals surface area contributed by atoms with Crippen LogP contribution in [0.25, 0.3) is 0 Å². The van der Waals surface area contributed by atoms with Crippen molar-refractivity contribution in [1.82, 2.24) is 10.2 Å². The monoisotopic (exact) mass is 306 g/mol. The molecule has 1 heterocycles. The van der Waals surface area contributed by atoms with Gasteiger partial charge in [-0.1, -0.05) is 13.8 Å². The van der Waals surface area contributed by atoms with Crippen LogP contribution in [0, 0.1) is 0 Å². The molecule has 0 saturated carbocycles. The van der Waals surface area contributed by atoms with Crippen LogP contribution in [0.5, 0.6) is 0 Å². The molecule has 1 fully saturated rings. The molecule has 1 amide bonds. The molecule has 1 aliphatic rings. The summed E-state index contributed by atoms with van der Waals surface area (Å²) in [5.74, 6) is -1.64. The first-order valence-corrected chi connectivity index (χ1v) is 8.48. The Kier molecular flexibility index (Phi) is 5.94. The molecule has 0 aromatic rings. The minimum atomic E-state index is -3.25. The van der Waals surface area contributed by atoms with Gasteiger partial charge < -0.3 is 15.3 Å². The molecule has 0 aromatic carbocycles. The van der Waals surface area contributed by atoms with E-state index in [4.69, 9.17) is 5.11 Å². The van der Waals surface area contributed by atoms with Gasteiger partial charge in [0.1, 0.15) is 0 Å². The van der Waals surface area contributed by atoms with E-state index in [-0.39, 0.29) is 42.8 Å². The molecule has 1 atom stereocenters. The zero-order valence-corrected chi connectivity index (χ0v) is 12.6. The second-order valence-corrected chi connectivity index (χ2v) is 7.54. The van der Waals surface area contributed by atoms with Gasteiger partial charge in [0.2, 0.25) is 5.91 Å². The number of rotatable bonds is 6. The van der Waals surface area contributed by atoms with Gasteiger partial charge in [-0.25, -0.2) is 8.42 Å². The van der Waals surface area contributed by atoms with E-state index in [0.29, 0.717) is 6.54 Å². The predicted molar refractivity (Wildman–Crippen MR) is 74.2 cm³/mol. The molecule has 20 heavy (non-hydrogen) atoms. The highest BCUT2D eigenvalue weighted by molar-refractivity contribution is 7.91. The number of sulfone groups is 1. The minimum absolute atomic E-state index is 0.0841. The van der Waals surface area contributed by atoms with E-state index in [1.54, 1.807) is 0 Å². The fourth-order valence-electron chi connectivity index (χ4n) is 2.20. The molecule has 116 valence electrons. The highest BCUT2D eigenvalue weighted by Gasteiger charge is 2.34. The third kappa shape index (κ3) is 5.46. The average Bonchev–Trinajstić information content (AvgIpc) is 2.26. The SMILES string of the molecule is CC(C)NCCC(=O)N1CCS(=O)(=O)CC1CC(=O)O. The molecule has 1 saturated heterocycles. The van der Waals surface area contributed by atoms with E-state index in [9.17, 15) is 18.0 Å². The number of carbonyl (C=O) groups excluding carboxylic acids is 1. The number of aliphatic carboxylic acids is 1. The molecule has 1 aliphatic heterocycles. The Morgan fingerprint density at radius 2 is 2.05 bits per heavy atom. The van der Waals surface area contributed by atoms with Crippen LogP contribution >= 0.6 is 0 Å². The summed E-state index contributed by atoms with van der Waals surface area (Å²) >= 11 is 0. The summed E-state index contributed by atoms with van der Waals surface area (Å²) in [6.45, 7) is 4.51. The van der Waals surface area contributed by atoms with Crippen molar-refractivity contribution in [3.05, 3.63) is 0 Å². The number of carboxylic acid groups (broad SMARTS) is 1. The van der Waals surface area contributed by atoms with E-state index < -0.39 is 21.8 Å². The Morgan fingerprint density at radius 3 is 2.60 bits per heavy atom. The first kappa shape index (κ1) is 16.9. The van der Waals surface area contributed by atoms with E-state index in [0.717, 1.165) is 0 Å². The number of nitrogens with one attached hydrogen (secondary N) is 1. The van der Waals surface area contributed by atoms with Crippen LogP contribution in [0.15, 0.2) is 0 Å². The molecule has 7 nitrogen and oxygen atoms in total. The zero-order chi connectivity index (χ0) is 15.3. The van der Waals surface area contributed by atoms with Crippen molar-refractivity contribution < 1.29 is 23.1 Å². The van der Waals surface area contributed by atoms with Gasteiger partial charge in [-0.2, -0.15) is 0 Å². The Labute approximate surface area is 119 Å². The lowest BCUT2D eigenvalue weighted by molar-refractivity contribution is -0.140. The van der Waals surface area contributed by atoms with Crippen molar-refractivity contribution in [1.29, 1.82) is 0 Å². The number of amides is 1. The van der Waals surface area contributed by atoms with Crippen molar-refractivity contribution in [2.24, 2.45) is 0 Å². The molecule has 0 radical (unpaired) electrons. The summed E-state index contributed by atoms with van der Waals surface area (Å²) in [5.41, 5.74) is 0. The summed E-state index contributed by atoms with van der Waals surface area (Å²) in [6.07, 6.45) is -0.0864. The lowest BCUT2D eigenvalue weighted by atomic mass is 10.1. The highest BCUT2D eigenvalue weighted by atomic mass is 32.2. The molecule has 1 unspecified atom stereocenters. The van der Waals surface area contributed by atoms with Gasteiger partial charge in [0.25, 0.3) is 0 Å². The van der Waals surface area contributed by atoms with Crippen LogP contribution in [0.3, 0.4) is 0 Å². The van der Waals surface area contributed by atoms with Gasteiger partial charge >= 0.3 is 5.97 Å². The zero-order valence-electron chi connectivity index (χ0n) is 11.8. The first-order valence-electron chi connectivity index (χ1n) is 6.66. The van der Waals surface area contributed by atoms with Gasteiger partial charge in [-0.05, 0) is 0 Å². The Morgan fingerprint density at radius 1 is 1.40 bits per heavy atom. The van der Waals surface area contributed by atoms with E-state index in [1.807, 2.05) is 13.8 Å². The number of nitrogens with zero attached hydrogens (tertiary/aromatic N) is 1. The molecule has 1 rings (SSSR count).